The van der Waals surface area contributed by atoms with E-state index < -0.39 is 0 Å². The normalized spacial score (nSPS) is 10.5. The molecule has 5 heteroatoms. The van der Waals surface area contributed by atoms with Crippen LogP contribution in [0.3, 0.4) is 0 Å². The van der Waals surface area contributed by atoms with E-state index in [0.29, 0.717) is 29.9 Å². The monoisotopic (exact) mass is 445 g/mol. The predicted molar refractivity (Wildman–Crippen MR) is 99.2 cm³/mol. The minimum atomic E-state index is 0.542. The summed E-state index contributed by atoms with van der Waals surface area (Å²) in [5, 5.41) is 6.01. The Bertz CT molecular complexity index is 507. The average Bonchev–Trinajstić information content (AvgIpc) is 2.62. The molecule has 0 radical (unpaired) electrons. The molecule has 0 aliphatic heterocycles. The maximum absolute atomic E-state index is 5.18. The molecule has 23 heavy (non-hydrogen) atoms. The van der Waals surface area contributed by atoms with Crippen LogP contribution in [0.5, 0.6) is 11.5 Å². The molecule has 2 rings (SSSR count). The van der Waals surface area contributed by atoms with Gasteiger partial charge in [-0.15, -0.1) is 0 Å². The molecule has 3 nitrogen and oxygen atoms in total. The van der Waals surface area contributed by atoms with Crippen molar-refractivity contribution in [2.45, 2.75) is 10.6 Å². The van der Waals surface area contributed by atoms with Gasteiger partial charge in [-0.05, 0) is 0 Å². The first-order chi connectivity index (χ1) is 11.3. The Hall–Kier alpha value is -0.961. The third-order valence-electron chi connectivity index (χ3n) is 3.21. The molecule has 0 aliphatic rings. The molecule has 0 amide bonds. The molecule has 1 N–H and O–H groups in total. The molecule has 0 spiro atoms. The molecular weight excluding hydrogens is 420 g/mol. The second-order valence-electron chi connectivity index (χ2n) is 4.80. The van der Waals surface area contributed by atoms with Crippen LogP contribution in [-0.2, 0) is 0 Å². The Morgan fingerprint density at radius 3 is 1.43 bits per heavy atom. The summed E-state index contributed by atoms with van der Waals surface area (Å²) in [5.74, 6) is 1.87. The van der Waals surface area contributed by atoms with Crippen LogP contribution in [0, 0.1) is 0 Å². The van der Waals surface area contributed by atoms with Crippen molar-refractivity contribution in [2.24, 2.45) is 0 Å². The topological polar surface area (TPSA) is 30.5 Å². The molecular formula is C18H23NO2Se2. The molecule has 0 aliphatic carbocycles. The zero-order chi connectivity index (χ0) is 16.3. The average molecular weight is 443 g/mol. The summed E-state index contributed by atoms with van der Waals surface area (Å²) in [4.78, 5) is 0. The second-order valence-corrected chi connectivity index (χ2v) is 9.70. The summed E-state index contributed by atoms with van der Waals surface area (Å²) in [6, 6.07) is 16.9. The van der Waals surface area contributed by atoms with Crippen molar-refractivity contribution in [2.75, 3.05) is 27.3 Å². The van der Waals surface area contributed by atoms with Crippen LogP contribution in [0.4, 0.5) is 0 Å². The predicted octanol–water partition coefficient (Wildman–Crippen LogP) is 1.49. The van der Waals surface area contributed by atoms with E-state index in [0.717, 1.165) is 24.6 Å². The number of ether oxygens (including phenoxy) is 2. The fraction of sp³-hybridized carbons (Fsp3) is 0.333. The number of nitrogens with one attached hydrogen (secondary N) is 1. The second kappa shape index (κ2) is 10.7. The van der Waals surface area contributed by atoms with Crippen molar-refractivity contribution in [3.8, 4) is 11.5 Å². The first kappa shape index (κ1) is 18.4. The van der Waals surface area contributed by atoms with E-state index in [9.17, 15) is 0 Å². The van der Waals surface area contributed by atoms with Crippen LogP contribution in [0.25, 0.3) is 0 Å². The molecule has 0 saturated heterocycles. The van der Waals surface area contributed by atoms with Gasteiger partial charge in [-0.2, -0.15) is 0 Å². The summed E-state index contributed by atoms with van der Waals surface area (Å²) in [6.07, 6.45) is 0. The summed E-state index contributed by atoms with van der Waals surface area (Å²) >= 11 is 1.08. The molecule has 0 heterocycles. The van der Waals surface area contributed by atoms with Crippen molar-refractivity contribution in [1.82, 2.24) is 5.32 Å². The van der Waals surface area contributed by atoms with Gasteiger partial charge in [0.25, 0.3) is 0 Å². The van der Waals surface area contributed by atoms with E-state index in [4.69, 9.17) is 9.47 Å². The molecule has 0 saturated carbocycles. The van der Waals surface area contributed by atoms with Gasteiger partial charge in [0.05, 0.1) is 0 Å². The van der Waals surface area contributed by atoms with E-state index in [-0.39, 0.29) is 0 Å². The number of methoxy groups -OCH3 is 2. The molecule has 2 aromatic rings. The summed E-state index contributed by atoms with van der Waals surface area (Å²) in [7, 11) is 3.41. The number of hydrogen-bond acceptors (Lipinski definition) is 3. The fourth-order valence-corrected chi connectivity index (χ4v) is 5.35. The van der Waals surface area contributed by atoms with Gasteiger partial charge < -0.3 is 0 Å². The van der Waals surface area contributed by atoms with Gasteiger partial charge in [0.1, 0.15) is 0 Å². The summed E-state index contributed by atoms with van der Waals surface area (Å²) < 4.78 is 13.2. The van der Waals surface area contributed by atoms with Gasteiger partial charge in [0, 0.05) is 0 Å². The van der Waals surface area contributed by atoms with Gasteiger partial charge in [0.2, 0.25) is 0 Å². The van der Waals surface area contributed by atoms with E-state index in [1.807, 2.05) is 24.3 Å². The molecule has 0 bridgehead atoms. The molecule has 0 aromatic heterocycles. The Kier molecular flexibility index (Phi) is 8.59. The summed E-state index contributed by atoms with van der Waals surface area (Å²) in [6.45, 7) is 2.20. The van der Waals surface area contributed by atoms with Crippen LogP contribution < -0.4 is 23.7 Å². The van der Waals surface area contributed by atoms with Crippen LogP contribution >= 0.6 is 0 Å². The van der Waals surface area contributed by atoms with Crippen molar-refractivity contribution in [3.63, 3.8) is 0 Å². The van der Waals surface area contributed by atoms with E-state index in [1.54, 1.807) is 14.2 Å². The van der Waals surface area contributed by atoms with Crippen LogP contribution in [-0.4, -0.2) is 57.2 Å². The quantitative estimate of drug-likeness (QED) is 0.446. The minimum absolute atomic E-state index is 0.542. The molecule has 2 aromatic carbocycles. The van der Waals surface area contributed by atoms with Gasteiger partial charge in [0.15, 0.2) is 0 Å². The fourth-order valence-electron chi connectivity index (χ4n) is 1.95. The first-order valence-electron chi connectivity index (χ1n) is 7.56. The molecule has 124 valence electrons. The van der Waals surface area contributed by atoms with Gasteiger partial charge >= 0.3 is 152 Å². The Morgan fingerprint density at radius 2 is 1.09 bits per heavy atom. The maximum atomic E-state index is 5.18. The van der Waals surface area contributed by atoms with Crippen LogP contribution in [0.15, 0.2) is 48.5 Å². The van der Waals surface area contributed by atoms with E-state index in [1.165, 1.54) is 19.6 Å². The number of hydrogen-bond donors (Lipinski definition) is 1. The van der Waals surface area contributed by atoms with Crippen LogP contribution in [0.2, 0.25) is 10.6 Å². The molecule has 0 unspecified atom stereocenters. The first-order valence-corrected chi connectivity index (χ1v) is 11.7. The zero-order valence-electron chi connectivity index (χ0n) is 13.6. The molecule has 0 fully saturated rings. The van der Waals surface area contributed by atoms with Crippen LogP contribution in [0.1, 0.15) is 0 Å². The Morgan fingerprint density at radius 1 is 0.696 bits per heavy atom. The Balaban J connectivity index is 1.53. The van der Waals surface area contributed by atoms with Gasteiger partial charge in [-0.3, -0.25) is 0 Å². The number of benzene rings is 2. The Labute approximate surface area is 151 Å². The summed E-state index contributed by atoms with van der Waals surface area (Å²) in [5.41, 5.74) is 0. The standard InChI is InChI=1S/C18H23NO2Se2/c1-20-15-3-7-17(8-4-15)22-13-11-19-12-14-23-18-9-5-16(21-2)6-10-18/h3-10,19H,11-14H2,1-2H3. The molecule has 0 atom stereocenters. The zero-order valence-corrected chi connectivity index (χ0v) is 17.0. The van der Waals surface area contributed by atoms with Crippen molar-refractivity contribution in [3.05, 3.63) is 48.5 Å². The van der Waals surface area contributed by atoms with Crippen molar-refractivity contribution >= 4 is 38.8 Å². The van der Waals surface area contributed by atoms with E-state index >= 15 is 0 Å². The SMILES string of the molecule is COc1ccc([Se]CCNCC[Se]c2ccc(OC)cc2)cc1. The van der Waals surface area contributed by atoms with Gasteiger partial charge in [-0.25, -0.2) is 0 Å². The third kappa shape index (κ3) is 6.99. The van der Waals surface area contributed by atoms with E-state index in [2.05, 4.69) is 29.6 Å². The van der Waals surface area contributed by atoms with Crippen molar-refractivity contribution in [1.29, 1.82) is 0 Å². The van der Waals surface area contributed by atoms with Gasteiger partial charge in [-0.1, -0.05) is 0 Å². The van der Waals surface area contributed by atoms with Crippen molar-refractivity contribution < 1.29 is 9.47 Å². The number of rotatable bonds is 10. The third-order valence-corrected chi connectivity index (χ3v) is 7.47.